The molecule has 0 saturated heterocycles. The number of nitrogens with zero attached hydrogens (tertiary/aromatic N) is 1. The van der Waals surface area contributed by atoms with Crippen LogP contribution in [0.15, 0.2) is 97.2 Å². The van der Waals surface area contributed by atoms with Gasteiger partial charge in [-0.15, -0.1) is 0 Å². The molecule has 0 amide bonds. The summed E-state index contributed by atoms with van der Waals surface area (Å²) in [5.74, 6) is -0.812. The molecule has 0 aromatic heterocycles. The van der Waals surface area contributed by atoms with Gasteiger partial charge in [-0.1, -0.05) is 233 Å². The predicted octanol–water partition coefficient (Wildman–Crippen LogP) is 18.8. The molecular weight excluding hydrogens is 942 g/mol. The van der Waals surface area contributed by atoms with E-state index in [4.69, 9.17) is 18.5 Å². The van der Waals surface area contributed by atoms with Crippen LogP contribution >= 0.6 is 7.82 Å². The summed E-state index contributed by atoms with van der Waals surface area (Å²) in [6, 6.07) is 0. The summed E-state index contributed by atoms with van der Waals surface area (Å²) in [4.78, 5) is 35.7. The molecule has 0 aromatic rings. The number of ether oxygens (including phenoxy) is 2. The topological polar surface area (TPSA) is 108 Å². The lowest BCUT2D eigenvalue weighted by Crippen LogP contribution is -2.37. The van der Waals surface area contributed by atoms with E-state index in [1.165, 1.54) is 116 Å². The normalized spacial score (nSPS) is 14.0. The van der Waals surface area contributed by atoms with Crippen LogP contribution in [0.3, 0.4) is 0 Å². The molecule has 74 heavy (non-hydrogen) atoms. The summed E-state index contributed by atoms with van der Waals surface area (Å²) < 4.78 is 34.6. The minimum atomic E-state index is -4.39. The summed E-state index contributed by atoms with van der Waals surface area (Å²) in [6.45, 7) is 4.28. The Morgan fingerprint density at radius 2 is 0.770 bits per heavy atom. The van der Waals surface area contributed by atoms with Crippen LogP contribution in [0.1, 0.15) is 245 Å². The maximum atomic E-state index is 12.8. The van der Waals surface area contributed by atoms with E-state index in [9.17, 15) is 19.0 Å². The fraction of sp³-hybridized carbons (Fsp3) is 0.719. The number of hydrogen-bond acceptors (Lipinski definition) is 7. The highest BCUT2D eigenvalue weighted by molar-refractivity contribution is 7.47. The summed E-state index contributed by atoms with van der Waals surface area (Å²) in [5, 5.41) is 0. The third-order valence-electron chi connectivity index (χ3n) is 12.6. The molecule has 2 atom stereocenters. The standard InChI is InChI=1S/C64H112NO8P/c1-6-8-10-12-14-16-18-20-22-24-26-27-28-29-30-31-32-33-34-35-36-37-39-41-43-45-47-49-51-53-55-57-64(67)73-62(61-72-74(68,69)71-59-58-65(3,4)5)60-70-63(66)56-54-52-50-48-46-44-42-40-38-25-23-21-19-17-15-13-11-9-7-2/h8,10,14-17,20-23,26-27,29-30,38,40,62H,6-7,9,11-13,18-19,24-25,28,31-37,39,41-61H2,1-5H3/p+1/b10-8-,16-14-,17-15-,22-20-,23-21-,27-26-,30-29-,40-38-. The van der Waals surface area contributed by atoms with E-state index in [0.29, 0.717) is 17.4 Å². The van der Waals surface area contributed by atoms with Gasteiger partial charge in [0.15, 0.2) is 6.10 Å². The van der Waals surface area contributed by atoms with Gasteiger partial charge in [0.2, 0.25) is 0 Å². The molecule has 426 valence electrons. The van der Waals surface area contributed by atoms with Crippen LogP contribution < -0.4 is 0 Å². The van der Waals surface area contributed by atoms with E-state index in [0.717, 1.165) is 96.3 Å². The Morgan fingerprint density at radius 1 is 0.432 bits per heavy atom. The quantitative estimate of drug-likeness (QED) is 0.0211. The van der Waals surface area contributed by atoms with Crippen molar-refractivity contribution in [2.24, 2.45) is 0 Å². The fourth-order valence-electron chi connectivity index (χ4n) is 7.99. The molecule has 2 unspecified atom stereocenters. The van der Waals surface area contributed by atoms with E-state index in [1.807, 2.05) is 21.1 Å². The van der Waals surface area contributed by atoms with Crippen molar-refractivity contribution in [3.63, 3.8) is 0 Å². The number of carbonyl (C=O) groups is 2. The zero-order valence-electron chi connectivity index (χ0n) is 48.3. The number of phosphoric ester groups is 1. The molecule has 9 nitrogen and oxygen atoms in total. The second-order valence-electron chi connectivity index (χ2n) is 21.0. The summed E-state index contributed by atoms with van der Waals surface area (Å²) in [5.41, 5.74) is 0. The van der Waals surface area contributed by atoms with Crippen molar-refractivity contribution in [1.29, 1.82) is 0 Å². The molecule has 0 aliphatic carbocycles. The lowest BCUT2D eigenvalue weighted by Gasteiger charge is -2.24. The molecule has 1 N–H and O–H groups in total. The van der Waals surface area contributed by atoms with Crippen molar-refractivity contribution in [1.82, 2.24) is 0 Å². The average Bonchev–Trinajstić information content (AvgIpc) is 3.36. The molecule has 0 bridgehead atoms. The van der Waals surface area contributed by atoms with Crippen LogP contribution in [-0.2, 0) is 32.7 Å². The van der Waals surface area contributed by atoms with Gasteiger partial charge in [0.05, 0.1) is 27.7 Å². The molecule has 0 rings (SSSR count). The molecule has 0 fully saturated rings. The smallest absolute Gasteiger partial charge is 0.462 e. The van der Waals surface area contributed by atoms with Crippen LogP contribution in [0.2, 0.25) is 0 Å². The molecule has 0 saturated carbocycles. The van der Waals surface area contributed by atoms with Crippen molar-refractivity contribution in [2.45, 2.75) is 251 Å². The molecule has 10 heteroatoms. The first-order valence-electron chi connectivity index (χ1n) is 30.0. The van der Waals surface area contributed by atoms with Gasteiger partial charge in [0, 0.05) is 12.8 Å². The Labute approximate surface area is 455 Å². The van der Waals surface area contributed by atoms with Crippen LogP contribution in [0.25, 0.3) is 0 Å². The van der Waals surface area contributed by atoms with Crippen molar-refractivity contribution in [2.75, 3.05) is 47.5 Å². The monoisotopic (exact) mass is 1050 g/mol. The van der Waals surface area contributed by atoms with E-state index >= 15 is 0 Å². The van der Waals surface area contributed by atoms with Gasteiger partial charge in [-0.25, -0.2) is 4.57 Å². The molecule has 0 aromatic carbocycles. The van der Waals surface area contributed by atoms with Gasteiger partial charge in [0.25, 0.3) is 0 Å². The zero-order chi connectivity index (χ0) is 54.2. The Balaban J connectivity index is 4.13. The van der Waals surface area contributed by atoms with E-state index < -0.39 is 26.5 Å². The number of rotatable bonds is 54. The van der Waals surface area contributed by atoms with Gasteiger partial charge in [-0.05, 0) is 96.3 Å². The van der Waals surface area contributed by atoms with Crippen LogP contribution in [-0.4, -0.2) is 74.9 Å². The average molecular weight is 1060 g/mol. The summed E-state index contributed by atoms with van der Waals surface area (Å²) in [6.07, 6.45) is 74.8. The Morgan fingerprint density at radius 3 is 1.15 bits per heavy atom. The Kier molecular flexibility index (Phi) is 52.4. The SMILES string of the molecule is CC/C=C\C/C=C\C/C=C\C/C=C\C/C=C\CCCCCCCCCCCCCCCCCC(=O)OC(COC(=O)CCCCCCCC/C=C\C/C=C\C/C=C\CCCCC)COP(=O)(O)OCC[N+](C)(C)C. The third-order valence-corrected chi connectivity index (χ3v) is 13.6. The first kappa shape index (κ1) is 70.9. The van der Waals surface area contributed by atoms with Crippen LogP contribution in [0, 0.1) is 0 Å². The van der Waals surface area contributed by atoms with Gasteiger partial charge in [-0.3, -0.25) is 18.6 Å². The largest absolute Gasteiger partial charge is 0.472 e. The minimum Gasteiger partial charge on any atom is -0.462 e. The predicted molar refractivity (Wildman–Crippen MR) is 316 cm³/mol. The van der Waals surface area contributed by atoms with Crippen molar-refractivity contribution in [3.05, 3.63) is 97.2 Å². The first-order valence-corrected chi connectivity index (χ1v) is 31.5. The Hall–Kier alpha value is -3.07. The lowest BCUT2D eigenvalue weighted by atomic mass is 10.0. The second-order valence-corrected chi connectivity index (χ2v) is 22.5. The van der Waals surface area contributed by atoms with Crippen molar-refractivity contribution < 1.29 is 42.1 Å². The minimum absolute atomic E-state index is 0.0258. The summed E-state index contributed by atoms with van der Waals surface area (Å²) >= 11 is 0. The Bertz CT molecular complexity index is 1570. The number of likely N-dealkylation sites (N-methyl/N-ethyl adjacent to an activating group) is 1. The number of carbonyl (C=O) groups excluding carboxylic acids is 2. The molecule has 0 aliphatic heterocycles. The van der Waals surface area contributed by atoms with Crippen LogP contribution in [0.5, 0.6) is 0 Å². The van der Waals surface area contributed by atoms with Crippen molar-refractivity contribution in [3.8, 4) is 0 Å². The van der Waals surface area contributed by atoms with Gasteiger partial charge in [-0.2, -0.15) is 0 Å². The number of allylic oxidation sites excluding steroid dienone is 16. The number of hydrogen-bond donors (Lipinski definition) is 1. The second kappa shape index (κ2) is 54.7. The molecule has 0 aliphatic rings. The number of phosphoric acid groups is 1. The number of esters is 2. The van der Waals surface area contributed by atoms with E-state index in [1.54, 1.807) is 0 Å². The molecular formula is C64H113NO8P+. The molecule has 0 heterocycles. The van der Waals surface area contributed by atoms with E-state index in [-0.39, 0.29) is 32.0 Å². The van der Waals surface area contributed by atoms with Crippen LogP contribution in [0.4, 0.5) is 0 Å². The maximum absolute atomic E-state index is 12.8. The van der Waals surface area contributed by atoms with Gasteiger partial charge >= 0.3 is 19.8 Å². The van der Waals surface area contributed by atoms with Crippen molar-refractivity contribution >= 4 is 19.8 Å². The maximum Gasteiger partial charge on any atom is 0.472 e. The zero-order valence-corrected chi connectivity index (χ0v) is 49.2. The highest BCUT2D eigenvalue weighted by atomic mass is 31.2. The summed E-state index contributed by atoms with van der Waals surface area (Å²) in [7, 11) is 1.46. The highest BCUT2D eigenvalue weighted by Gasteiger charge is 2.27. The van der Waals surface area contributed by atoms with Gasteiger partial charge < -0.3 is 18.9 Å². The molecule has 0 spiro atoms. The molecule has 0 radical (unpaired) electrons. The third kappa shape index (κ3) is 58.2. The number of quaternary nitrogens is 1. The fourth-order valence-corrected chi connectivity index (χ4v) is 8.73. The lowest BCUT2D eigenvalue weighted by molar-refractivity contribution is -0.870. The first-order chi connectivity index (χ1) is 36.0. The van der Waals surface area contributed by atoms with E-state index in [2.05, 4.69) is 111 Å². The highest BCUT2D eigenvalue weighted by Crippen LogP contribution is 2.43. The number of unbranched alkanes of at least 4 members (excludes halogenated alkanes) is 24. The van der Waals surface area contributed by atoms with Gasteiger partial charge in [0.1, 0.15) is 19.8 Å².